The third-order valence-electron chi connectivity index (χ3n) is 0.614. The molecule has 0 radical (unpaired) electrons. The third kappa shape index (κ3) is 17.7. The first-order valence-electron chi connectivity index (χ1n) is 2.72. The summed E-state index contributed by atoms with van der Waals surface area (Å²) in [7, 11) is -4.64. The zero-order valence-electron chi connectivity index (χ0n) is 5.62. The van der Waals surface area contributed by atoms with E-state index in [9.17, 15) is 0 Å². The first-order valence-corrected chi connectivity index (χ1v) is 4.28. The van der Waals surface area contributed by atoms with E-state index in [0.717, 1.165) is 6.61 Å². The van der Waals surface area contributed by atoms with E-state index in [0.29, 0.717) is 0 Å². The normalized spacial score (nSPS) is 14.8. The van der Waals surface area contributed by atoms with Crippen molar-refractivity contribution in [2.75, 3.05) is 6.61 Å². The van der Waals surface area contributed by atoms with Gasteiger partial charge in [-0.3, -0.25) is 0 Å². The van der Waals surface area contributed by atoms with Crippen molar-refractivity contribution < 1.29 is 24.0 Å². The molecule has 5 nitrogen and oxygen atoms in total. The summed E-state index contributed by atoms with van der Waals surface area (Å²) in [6.07, 6.45) is 7.47. The highest BCUT2D eigenvalue weighted by Gasteiger charge is 2.00. The zero-order chi connectivity index (χ0) is 8.74. The van der Waals surface area contributed by atoms with Crippen LogP contribution in [0.1, 0.15) is 0 Å². The van der Waals surface area contributed by atoms with Gasteiger partial charge in [-0.05, 0) is 12.2 Å². The van der Waals surface area contributed by atoms with Crippen molar-refractivity contribution in [3.63, 3.8) is 0 Å². The van der Waals surface area contributed by atoms with Crippen LogP contribution in [-0.2, 0) is 9.30 Å². The van der Waals surface area contributed by atoms with Gasteiger partial charge in [0.2, 0.25) is 0 Å². The van der Waals surface area contributed by atoms with Crippen LogP contribution in [0.2, 0.25) is 0 Å². The molecule has 1 aliphatic heterocycles. The number of ether oxygens (including phenoxy) is 1. The summed E-state index contributed by atoms with van der Waals surface area (Å²) in [5, 5.41) is 0. The minimum Gasteiger partial charge on any atom is -0.497 e. The maximum absolute atomic E-state index is 8.88. The minimum atomic E-state index is -4.64. The molecule has 11 heavy (non-hydrogen) atoms. The van der Waals surface area contributed by atoms with Gasteiger partial charge < -0.3 is 19.4 Å². The molecule has 0 bridgehead atoms. The number of hydrogen-bond acceptors (Lipinski definition) is 2. The standard InChI is InChI=1S/C5H6O.H3O4P/c1-2-4-6-5-3-1;1-5(2,3)4/h1-4H,5H2;(H3,1,2,3,4). The Bertz CT molecular complexity index is 171. The van der Waals surface area contributed by atoms with E-state index in [-0.39, 0.29) is 0 Å². The highest BCUT2D eigenvalue weighted by Crippen LogP contribution is 2.25. The van der Waals surface area contributed by atoms with Gasteiger partial charge >= 0.3 is 7.82 Å². The van der Waals surface area contributed by atoms with Gasteiger partial charge in [-0.25, -0.2) is 4.57 Å². The Kier molecular flexibility index (Phi) is 4.81. The van der Waals surface area contributed by atoms with Crippen molar-refractivity contribution in [1.29, 1.82) is 0 Å². The van der Waals surface area contributed by atoms with Gasteiger partial charge in [0, 0.05) is 0 Å². The summed E-state index contributed by atoms with van der Waals surface area (Å²) in [6, 6.07) is 0. The predicted octanol–water partition coefficient (Wildman–Crippen LogP) is 0.158. The van der Waals surface area contributed by atoms with Crippen LogP contribution in [0, 0.1) is 0 Å². The largest absolute Gasteiger partial charge is 0.497 e. The van der Waals surface area contributed by atoms with E-state index in [1.807, 2.05) is 18.2 Å². The van der Waals surface area contributed by atoms with E-state index < -0.39 is 7.82 Å². The average molecular weight is 180 g/mol. The Hall–Kier alpha value is -0.610. The molecule has 0 aromatic rings. The van der Waals surface area contributed by atoms with E-state index in [4.69, 9.17) is 24.0 Å². The van der Waals surface area contributed by atoms with Gasteiger partial charge in [-0.2, -0.15) is 0 Å². The molecule has 0 spiro atoms. The monoisotopic (exact) mass is 180 g/mol. The van der Waals surface area contributed by atoms with E-state index in [1.54, 1.807) is 6.26 Å². The van der Waals surface area contributed by atoms with Crippen LogP contribution in [0.25, 0.3) is 0 Å². The van der Waals surface area contributed by atoms with Crippen LogP contribution in [0.3, 0.4) is 0 Å². The molecule has 1 aliphatic rings. The van der Waals surface area contributed by atoms with Gasteiger partial charge in [0.1, 0.15) is 6.61 Å². The minimum absolute atomic E-state index is 0.733. The molecule has 0 atom stereocenters. The lowest BCUT2D eigenvalue weighted by molar-refractivity contribution is 0.275. The molecular formula is C5H9O5P. The summed E-state index contributed by atoms with van der Waals surface area (Å²) in [4.78, 5) is 21.6. The Morgan fingerprint density at radius 3 is 1.91 bits per heavy atom. The van der Waals surface area contributed by atoms with Crippen LogP contribution >= 0.6 is 7.82 Å². The van der Waals surface area contributed by atoms with Crippen LogP contribution in [-0.4, -0.2) is 21.3 Å². The second-order valence-corrected chi connectivity index (χ2v) is 2.63. The highest BCUT2D eigenvalue weighted by molar-refractivity contribution is 7.45. The van der Waals surface area contributed by atoms with Crippen molar-refractivity contribution in [2.24, 2.45) is 0 Å². The lowest BCUT2D eigenvalue weighted by atomic mass is 10.5. The Labute approximate surface area is 63.9 Å². The van der Waals surface area contributed by atoms with Crippen LogP contribution < -0.4 is 0 Å². The maximum Gasteiger partial charge on any atom is 0.466 e. The van der Waals surface area contributed by atoms with E-state index in [2.05, 4.69) is 0 Å². The fourth-order valence-electron chi connectivity index (χ4n) is 0.346. The lowest BCUT2D eigenvalue weighted by Crippen LogP contribution is -1.82. The molecule has 0 saturated carbocycles. The molecule has 3 N–H and O–H groups in total. The van der Waals surface area contributed by atoms with Gasteiger partial charge in [0.15, 0.2) is 0 Å². The number of phosphoric acid groups is 1. The summed E-state index contributed by atoms with van der Waals surface area (Å²) in [6.45, 7) is 0.733. The highest BCUT2D eigenvalue weighted by atomic mass is 31.2. The van der Waals surface area contributed by atoms with Crippen molar-refractivity contribution in [2.45, 2.75) is 0 Å². The van der Waals surface area contributed by atoms with Crippen LogP contribution in [0.4, 0.5) is 0 Å². The topological polar surface area (TPSA) is 87.0 Å². The number of hydrogen-bond donors (Lipinski definition) is 3. The smallest absolute Gasteiger partial charge is 0.466 e. The second kappa shape index (κ2) is 5.09. The van der Waals surface area contributed by atoms with Crippen LogP contribution in [0.15, 0.2) is 24.5 Å². The summed E-state index contributed by atoms with van der Waals surface area (Å²) in [5.74, 6) is 0. The maximum atomic E-state index is 8.88. The molecule has 0 saturated heterocycles. The van der Waals surface area contributed by atoms with Crippen molar-refractivity contribution in [3.8, 4) is 0 Å². The molecule has 0 fully saturated rings. The molecule has 0 aromatic heterocycles. The Morgan fingerprint density at radius 2 is 1.82 bits per heavy atom. The molecule has 1 rings (SSSR count). The van der Waals surface area contributed by atoms with Crippen LogP contribution in [0.5, 0.6) is 0 Å². The fourth-order valence-corrected chi connectivity index (χ4v) is 0.346. The molecule has 64 valence electrons. The summed E-state index contributed by atoms with van der Waals surface area (Å²) < 4.78 is 13.7. The Morgan fingerprint density at radius 1 is 1.27 bits per heavy atom. The Balaban J connectivity index is 0.000000187. The predicted molar refractivity (Wildman–Crippen MR) is 38.5 cm³/mol. The van der Waals surface area contributed by atoms with Gasteiger partial charge in [0.25, 0.3) is 0 Å². The van der Waals surface area contributed by atoms with E-state index >= 15 is 0 Å². The van der Waals surface area contributed by atoms with Gasteiger partial charge in [0.05, 0.1) is 6.26 Å². The summed E-state index contributed by atoms with van der Waals surface area (Å²) >= 11 is 0. The fraction of sp³-hybridized carbons (Fsp3) is 0.200. The van der Waals surface area contributed by atoms with Crippen molar-refractivity contribution >= 4 is 7.82 Å². The molecule has 0 unspecified atom stereocenters. The first kappa shape index (κ1) is 10.4. The second-order valence-electron chi connectivity index (χ2n) is 1.60. The van der Waals surface area contributed by atoms with Gasteiger partial charge in [-0.15, -0.1) is 0 Å². The quantitative estimate of drug-likeness (QED) is 0.462. The molecule has 1 heterocycles. The number of rotatable bonds is 0. The molecule has 0 aromatic carbocycles. The molecule has 0 amide bonds. The lowest BCUT2D eigenvalue weighted by Gasteiger charge is -1.94. The van der Waals surface area contributed by atoms with Crippen molar-refractivity contribution in [3.05, 3.63) is 24.5 Å². The SMILES string of the molecule is C1=CCOC=C1.O=P(O)(O)O. The summed E-state index contributed by atoms with van der Waals surface area (Å²) in [5.41, 5.74) is 0. The molecule has 6 heteroatoms. The number of allylic oxidation sites excluding steroid dienone is 2. The van der Waals surface area contributed by atoms with Crippen molar-refractivity contribution in [1.82, 2.24) is 0 Å². The molecule has 0 aliphatic carbocycles. The zero-order valence-corrected chi connectivity index (χ0v) is 6.52. The third-order valence-corrected chi connectivity index (χ3v) is 0.614. The average Bonchev–Trinajstić information content (AvgIpc) is 1.88. The first-order chi connectivity index (χ1) is 5.00. The van der Waals surface area contributed by atoms with E-state index in [1.165, 1.54) is 0 Å². The van der Waals surface area contributed by atoms with Gasteiger partial charge in [-0.1, -0.05) is 6.08 Å². The molecular weight excluding hydrogens is 171 g/mol.